The molecule has 0 fully saturated rings. The van der Waals surface area contributed by atoms with E-state index in [4.69, 9.17) is 5.11 Å². The fourth-order valence-electron chi connectivity index (χ4n) is 1.52. The van der Waals surface area contributed by atoms with Gasteiger partial charge in [-0.2, -0.15) is 13.1 Å². The number of anilines is 1. The average Bonchev–Trinajstić information content (AvgIpc) is 2.26. The van der Waals surface area contributed by atoms with Gasteiger partial charge in [0, 0.05) is 11.1 Å². The number of aliphatic hydroxyl groups excluding tert-OH is 1. The Morgan fingerprint density at radius 2 is 1.95 bits per heavy atom. The summed E-state index contributed by atoms with van der Waals surface area (Å²) in [5.74, 6) is 5.27. The highest BCUT2D eigenvalue weighted by molar-refractivity contribution is 7.90. The van der Waals surface area contributed by atoms with E-state index in [1.54, 1.807) is 45.9 Å². The molecule has 110 valence electrons. The van der Waals surface area contributed by atoms with Crippen LogP contribution in [0.25, 0.3) is 0 Å². The van der Waals surface area contributed by atoms with Crippen molar-refractivity contribution in [1.82, 2.24) is 4.72 Å². The molecule has 0 heterocycles. The Labute approximate surface area is 120 Å². The topological polar surface area (TPSA) is 78.4 Å². The van der Waals surface area contributed by atoms with Crippen molar-refractivity contribution in [3.8, 4) is 11.8 Å². The molecule has 0 aliphatic rings. The zero-order valence-electron chi connectivity index (χ0n) is 12.1. The summed E-state index contributed by atoms with van der Waals surface area (Å²) in [5.41, 5.74) is 1.33. The first-order valence-corrected chi connectivity index (χ1v) is 7.63. The van der Waals surface area contributed by atoms with Gasteiger partial charge in [0.05, 0.1) is 5.69 Å². The molecular weight excluding hydrogens is 276 g/mol. The molecule has 0 bridgehead atoms. The van der Waals surface area contributed by atoms with Gasteiger partial charge in [-0.3, -0.25) is 4.72 Å². The Morgan fingerprint density at radius 3 is 2.50 bits per heavy atom. The van der Waals surface area contributed by atoms with Crippen LogP contribution in [0.3, 0.4) is 0 Å². The maximum absolute atomic E-state index is 12.0. The molecule has 0 saturated carbocycles. The van der Waals surface area contributed by atoms with E-state index in [2.05, 4.69) is 21.3 Å². The van der Waals surface area contributed by atoms with Crippen LogP contribution < -0.4 is 9.44 Å². The van der Waals surface area contributed by atoms with Crippen molar-refractivity contribution >= 4 is 15.9 Å². The molecule has 0 radical (unpaired) electrons. The van der Waals surface area contributed by atoms with Gasteiger partial charge in [0.1, 0.15) is 6.61 Å². The van der Waals surface area contributed by atoms with E-state index < -0.39 is 15.7 Å². The standard InChI is InChI=1S/C14H20N2O3S/c1-11-7-8-12(6-5-9-17)10-13(11)15-20(18,19)16-14(2,3)4/h7-8,10,15-17H,9H2,1-4H3. The van der Waals surface area contributed by atoms with Crippen LogP contribution in [0, 0.1) is 18.8 Å². The first kappa shape index (κ1) is 16.5. The van der Waals surface area contributed by atoms with Crippen molar-refractivity contribution in [2.24, 2.45) is 0 Å². The van der Waals surface area contributed by atoms with Crippen LogP contribution in [0.2, 0.25) is 0 Å². The largest absolute Gasteiger partial charge is 0.384 e. The molecule has 0 saturated heterocycles. The number of rotatable bonds is 3. The summed E-state index contributed by atoms with van der Waals surface area (Å²) >= 11 is 0. The van der Waals surface area contributed by atoms with E-state index in [9.17, 15) is 8.42 Å². The zero-order chi connectivity index (χ0) is 15.4. The summed E-state index contributed by atoms with van der Waals surface area (Å²) < 4.78 is 29.0. The van der Waals surface area contributed by atoms with Gasteiger partial charge in [-0.05, 0) is 45.4 Å². The summed E-state index contributed by atoms with van der Waals surface area (Å²) in [7, 11) is -3.65. The van der Waals surface area contributed by atoms with Gasteiger partial charge in [-0.15, -0.1) is 0 Å². The van der Waals surface area contributed by atoms with Crippen LogP contribution in [-0.2, 0) is 10.2 Å². The third-order valence-corrected chi connectivity index (χ3v) is 3.60. The maximum atomic E-state index is 12.0. The van der Waals surface area contributed by atoms with Crippen LogP contribution in [-0.4, -0.2) is 25.7 Å². The van der Waals surface area contributed by atoms with Gasteiger partial charge in [0.25, 0.3) is 10.2 Å². The molecule has 20 heavy (non-hydrogen) atoms. The fourth-order valence-corrected chi connectivity index (χ4v) is 2.89. The van der Waals surface area contributed by atoms with Gasteiger partial charge in [-0.1, -0.05) is 17.9 Å². The van der Waals surface area contributed by atoms with Crippen molar-refractivity contribution in [1.29, 1.82) is 0 Å². The highest BCUT2D eigenvalue weighted by Gasteiger charge is 2.20. The van der Waals surface area contributed by atoms with Gasteiger partial charge in [0.2, 0.25) is 0 Å². The van der Waals surface area contributed by atoms with Gasteiger partial charge < -0.3 is 5.11 Å². The normalized spacial score (nSPS) is 11.7. The predicted molar refractivity (Wildman–Crippen MR) is 80.6 cm³/mol. The number of hydrogen-bond donors (Lipinski definition) is 3. The molecule has 0 aliphatic heterocycles. The maximum Gasteiger partial charge on any atom is 0.299 e. The van der Waals surface area contributed by atoms with E-state index in [-0.39, 0.29) is 6.61 Å². The molecule has 5 nitrogen and oxygen atoms in total. The minimum atomic E-state index is -3.65. The average molecular weight is 296 g/mol. The molecule has 0 spiro atoms. The van der Waals surface area contributed by atoms with E-state index in [1.807, 2.05) is 0 Å². The molecule has 3 N–H and O–H groups in total. The second kappa shape index (κ2) is 6.27. The fraction of sp³-hybridized carbons (Fsp3) is 0.429. The third-order valence-electron chi connectivity index (χ3n) is 2.23. The summed E-state index contributed by atoms with van der Waals surface area (Å²) in [6.07, 6.45) is 0. The van der Waals surface area contributed by atoms with Gasteiger partial charge in [-0.25, -0.2) is 0 Å². The van der Waals surface area contributed by atoms with Crippen LogP contribution >= 0.6 is 0 Å². The zero-order valence-corrected chi connectivity index (χ0v) is 12.9. The minimum absolute atomic E-state index is 0.236. The van der Waals surface area contributed by atoms with Crippen LogP contribution in [0.1, 0.15) is 31.9 Å². The Bertz CT molecular complexity index is 635. The number of nitrogens with one attached hydrogen (secondary N) is 2. The summed E-state index contributed by atoms with van der Waals surface area (Å²) in [5, 5.41) is 8.67. The highest BCUT2D eigenvalue weighted by Crippen LogP contribution is 2.18. The lowest BCUT2D eigenvalue weighted by atomic mass is 10.1. The van der Waals surface area contributed by atoms with E-state index in [1.165, 1.54) is 0 Å². The minimum Gasteiger partial charge on any atom is -0.384 e. The number of benzene rings is 1. The number of aliphatic hydroxyl groups is 1. The number of aryl methyl sites for hydroxylation is 1. The molecule has 0 aromatic heterocycles. The summed E-state index contributed by atoms with van der Waals surface area (Å²) in [6, 6.07) is 5.18. The highest BCUT2D eigenvalue weighted by atomic mass is 32.2. The van der Waals surface area contributed by atoms with Gasteiger partial charge in [0.15, 0.2) is 0 Å². The molecule has 0 amide bonds. The molecular formula is C14H20N2O3S. The molecule has 6 heteroatoms. The second-order valence-corrected chi connectivity index (χ2v) is 6.86. The summed E-state index contributed by atoms with van der Waals surface area (Å²) in [4.78, 5) is 0. The quantitative estimate of drug-likeness (QED) is 0.737. The van der Waals surface area contributed by atoms with Gasteiger partial charge >= 0.3 is 0 Å². The van der Waals surface area contributed by atoms with Crippen molar-refractivity contribution < 1.29 is 13.5 Å². The monoisotopic (exact) mass is 296 g/mol. The molecule has 1 aromatic carbocycles. The second-order valence-electron chi connectivity index (χ2n) is 5.45. The van der Waals surface area contributed by atoms with Crippen molar-refractivity contribution in [2.75, 3.05) is 11.3 Å². The van der Waals surface area contributed by atoms with Crippen LogP contribution in [0.4, 0.5) is 5.69 Å². The molecule has 0 atom stereocenters. The Hall–Kier alpha value is -1.55. The third kappa shape index (κ3) is 5.61. The SMILES string of the molecule is Cc1ccc(C#CCO)cc1NS(=O)(=O)NC(C)(C)C. The van der Waals surface area contributed by atoms with E-state index in [0.29, 0.717) is 11.3 Å². The lowest BCUT2D eigenvalue weighted by Gasteiger charge is -2.21. The van der Waals surface area contributed by atoms with Crippen molar-refractivity contribution in [3.63, 3.8) is 0 Å². The first-order chi connectivity index (χ1) is 9.13. The Morgan fingerprint density at radius 1 is 1.30 bits per heavy atom. The smallest absolute Gasteiger partial charge is 0.299 e. The first-order valence-electron chi connectivity index (χ1n) is 6.15. The predicted octanol–water partition coefficient (Wildman–Crippen LogP) is 1.38. The van der Waals surface area contributed by atoms with Crippen LogP contribution in [0.15, 0.2) is 18.2 Å². The Kier molecular flexibility index (Phi) is 5.17. The van der Waals surface area contributed by atoms with Crippen molar-refractivity contribution in [3.05, 3.63) is 29.3 Å². The van der Waals surface area contributed by atoms with Crippen molar-refractivity contribution in [2.45, 2.75) is 33.2 Å². The van der Waals surface area contributed by atoms with E-state index in [0.717, 1.165) is 5.56 Å². The van der Waals surface area contributed by atoms with E-state index >= 15 is 0 Å². The molecule has 1 rings (SSSR count). The molecule has 1 aromatic rings. The summed E-state index contributed by atoms with van der Waals surface area (Å²) in [6.45, 7) is 6.87. The molecule has 0 aliphatic carbocycles. The lowest BCUT2D eigenvalue weighted by molar-refractivity contribution is 0.350. The number of hydrogen-bond acceptors (Lipinski definition) is 3. The Balaban J connectivity index is 3.03. The van der Waals surface area contributed by atoms with Crippen LogP contribution in [0.5, 0.6) is 0 Å². The molecule has 0 unspecified atom stereocenters. The lowest BCUT2D eigenvalue weighted by Crippen LogP contribution is -2.43.